The molecule has 2 heterocycles. The molecule has 3 aromatic rings. The maximum Gasteiger partial charge on any atom is 0.147 e. The van der Waals surface area contributed by atoms with Gasteiger partial charge in [0, 0.05) is 11.6 Å². The third-order valence-electron chi connectivity index (χ3n) is 4.09. The number of hydrogen-bond donors (Lipinski definition) is 1. The summed E-state index contributed by atoms with van der Waals surface area (Å²) in [7, 11) is 0. The number of aromatic amines is 1. The largest absolute Gasteiger partial charge is 0.492 e. The Kier molecular flexibility index (Phi) is 2.88. The van der Waals surface area contributed by atoms with Crippen molar-refractivity contribution in [3.8, 4) is 17.0 Å². The lowest BCUT2D eigenvalue weighted by molar-refractivity contribution is 0.341. The van der Waals surface area contributed by atoms with E-state index in [1.54, 1.807) is 6.20 Å². The fraction of sp³-hybridized carbons (Fsp3) is 0.294. The number of H-pyrrole nitrogens is 1. The smallest absolute Gasteiger partial charge is 0.147 e. The van der Waals surface area contributed by atoms with Crippen molar-refractivity contribution in [3.05, 3.63) is 41.6 Å². The minimum Gasteiger partial charge on any atom is -0.492 e. The molecule has 0 saturated heterocycles. The van der Waals surface area contributed by atoms with Gasteiger partial charge in [0.2, 0.25) is 0 Å². The second-order valence-corrected chi connectivity index (χ2v) is 5.37. The number of aromatic nitrogens is 3. The molecule has 0 unspecified atom stereocenters. The average molecular weight is 279 g/mol. The molecule has 21 heavy (non-hydrogen) atoms. The molecule has 0 atom stereocenters. The molecule has 0 bridgehead atoms. The van der Waals surface area contributed by atoms with Crippen LogP contribution in [0.3, 0.4) is 0 Å². The monoisotopic (exact) mass is 279 g/mol. The Morgan fingerprint density at radius 2 is 2.24 bits per heavy atom. The number of fused-ring (bicyclic) bond motifs is 2. The molecule has 0 saturated carbocycles. The van der Waals surface area contributed by atoms with Crippen LogP contribution in [0, 0.1) is 0 Å². The minimum absolute atomic E-state index is 0.628. The third-order valence-corrected chi connectivity index (χ3v) is 4.09. The van der Waals surface area contributed by atoms with Crippen molar-refractivity contribution in [2.45, 2.75) is 26.2 Å². The van der Waals surface area contributed by atoms with Crippen LogP contribution < -0.4 is 4.74 Å². The highest BCUT2D eigenvalue weighted by atomic mass is 16.5. The average Bonchev–Trinajstić information content (AvgIpc) is 3.14. The normalized spacial score (nSPS) is 13.6. The van der Waals surface area contributed by atoms with Gasteiger partial charge in [-0.1, -0.05) is 18.2 Å². The lowest BCUT2D eigenvalue weighted by Gasteiger charge is -2.13. The first kappa shape index (κ1) is 12.4. The summed E-state index contributed by atoms with van der Waals surface area (Å²) in [5, 5.41) is 7.02. The number of hydrogen-bond acceptors (Lipinski definition) is 3. The van der Waals surface area contributed by atoms with Crippen LogP contribution in [0.2, 0.25) is 0 Å². The quantitative estimate of drug-likeness (QED) is 0.798. The van der Waals surface area contributed by atoms with E-state index in [4.69, 9.17) is 9.72 Å². The van der Waals surface area contributed by atoms with Crippen molar-refractivity contribution < 1.29 is 4.74 Å². The van der Waals surface area contributed by atoms with Gasteiger partial charge < -0.3 is 4.74 Å². The number of pyridine rings is 1. The Balaban J connectivity index is 1.96. The number of rotatable bonds is 3. The molecule has 1 aromatic carbocycles. The molecule has 0 amide bonds. The van der Waals surface area contributed by atoms with Gasteiger partial charge in [-0.25, -0.2) is 4.98 Å². The van der Waals surface area contributed by atoms with Gasteiger partial charge in [0.15, 0.2) is 0 Å². The van der Waals surface area contributed by atoms with Crippen LogP contribution in [0.4, 0.5) is 0 Å². The summed E-state index contributed by atoms with van der Waals surface area (Å²) in [6.07, 6.45) is 5.28. The fourth-order valence-corrected chi connectivity index (χ4v) is 3.16. The molecule has 0 radical (unpaired) electrons. The number of nitrogens with zero attached hydrogens (tertiary/aromatic N) is 2. The second kappa shape index (κ2) is 4.88. The van der Waals surface area contributed by atoms with E-state index in [0.29, 0.717) is 6.61 Å². The summed E-state index contributed by atoms with van der Waals surface area (Å²) in [5.74, 6) is 0.828. The molecule has 0 spiro atoms. The van der Waals surface area contributed by atoms with E-state index < -0.39 is 0 Å². The van der Waals surface area contributed by atoms with Gasteiger partial charge in [-0.2, -0.15) is 5.10 Å². The molecule has 4 rings (SSSR count). The number of aryl methyl sites for hydroxylation is 1. The Morgan fingerprint density at radius 3 is 3.14 bits per heavy atom. The summed E-state index contributed by atoms with van der Waals surface area (Å²) >= 11 is 0. The SMILES string of the molecule is CCOc1cc2[nH]ncc2nc1-c1cccc2c1CCC2. The Hall–Kier alpha value is -2.36. The summed E-state index contributed by atoms with van der Waals surface area (Å²) in [6.45, 7) is 2.62. The molecule has 1 N–H and O–H groups in total. The first-order valence-corrected chi connectivity index (χ1v) is 7.45. The predicted molar refractivity (Wildman–Crippen MR) is 82.5 cm³/mol. The van der Waals surface area contributed by atoms with Crippen molar-refractivity contribution in [2.24, 2.45) is 0 Å². The summed E-state index contributed by atoms with van der Waals surface area (Å²) in [5.41, 5.74) is 6.80. The number of ether oxygens (including phenoxy) is 1. The molecular formula is C17H17N3O. The maximum atomic E-state index is 5.82. The van der Waals surface area contributed by atoms with Gasteiger partial charge in [-0.15, -0.1) is 0 Å². The van der Waals surface area contributed by atoms with E-state index in [1.807, 2.05) is 13.0 Å². The maximum absolute atomic E-state index is 5.82. The van der Waals surface area contributed by atoms with Crippen LogP contribution in [0.1, 0.15) is 24.5 Å². The van der Waals surface area contributed by atoms with Gasteiger partial charge in [-0.05, 0) is 37.3 Å². The lowest BCUT2D eigenvalue weighted by atomic mass is 9.99. The molecule has 0 fully saturated rings. The molecular weight excluding hydrogens is 262 g/mol. The van der Waals surface area contributed by atoms with E-state index in [0.717, 1.165) is 28.9 Å². The molecule has 4 heteroatoms. The number of nitrogens with one attached hydrogen (secondary N) is 1. The van der Waals surface area contributed by atoms with Crippen molar-refractivity contribution in [3.63, 3.8) is 0 Å². The van der Waals surface area contributed by atoms with Gasteiger partial charge in [0.1, 0.15) is 17.0 Å². The lowest BCUT2D eigenvalue weighted by Crippen LogP contribution is -1.98. The Bertz CT molecular complexity index is 807. The highest BCUT2D eigenvalue weighted by Gasteiger charge is 2.19. The van der Waals surface area contributed by atoms with Crippen molar-refractivity contribution >= 4 is 11.0 Å². The zero-order chi connectivity index (χ0) is 14.2. The predicted octanol–water partition coefficient (Wildman–Crippen LogP) is 3.51. The van der Waals surface area contributed by atoms with Crippen LogP contribution in [0.15, 0.2) is 30.5 Å². The molecule has 1 aliphatic carbocycles. The van der Waals surface area contributed by atoms with Gasteiger partial charge >= 0.3 is 0 Å². The van der Waals surface area contributed by atoms with Crippen LogP contribution in [0.25, 0.3) is 22.3 Å². The fourth-order valence-electron chi connectivity index (χ4n) is 3.16. The molecule has 106 valence electrons. The minimum atomic E-state index is 0.628. The summed E-state index contributed by atoms with van der Waals surface area (Å²) < 4.78 is 5.82. The van der Waals surface area contributed by atoms with Gasteiger partial charge in [0.25, 0.3) is 0 Å². The van der Waals surface area contributed by atoms with E-state index in [-0.39, 0.29) is 0 Å². The van der Waals surface area contributed by atoms with Gasteiger partial charge in [0.05, 0.1) is 18.3 Å². The highest BCUT2D eigenvalue weighted by Crippen LogP contribution is 2.37. The first-order chi connectivity index (χ1) is 10.4. The van der Waals surface area contributed by atoms with Crippen LogP contribution >= 0.6 is 0 Å². The molecule has 1 aliphatic rings. The van der Waals surface area contributed by atoms with Gasteiger partial charge in [-0.3, -0.25) is 5.10 Å². The molecule has 4 nitrogen and oxygen atoms in total. The van der Waals surface area contributed by atoms with Crippen molar-refractivity contribution in [1.82, 2.24) is 15.2 Å². The highest BCUT2D eigenvalue weighted by molar-refractivity contribution is 5.83. The first-order valence-electron chi connectivity index (χ1n) is 7.45. The third kappa shape index (κ3) is 1.98. The summed E-state index contributed by atoms with van der Waals surface area (Å²) in [4.78, 5) is 4.78. The topological polar surface area (TPSA) is 50.8 Å². The standard InChI is InChI=1S/C17H17N3O/c1-2-21-16-9-14-15(10-18-20-14)19-17(16)13-8-4-6-11-5-3-7-12(11)13/h4,6,8-10H,2-3,5,7H2,1H3,(H,18,20). The zero-order valence-electron chi connectivity index (χ0n) is 12.0. The van der Waals surface area contributed by atoms with Crippen LogP contribution in [-0.2, 0) is 12.8 Å². The van der Waals surface area contributed by atoms with E-state index in [9.17, 15) is 0 Å². The van der Waals surface area contributed by atoms with Crippen LogP contribution in [0.5, 0.6) is 5.75 Å². The van der Waals surface area contributed by atoms with Crippen molar-refractivity contribution in [2.75, 3.05) is 6.61 Å². The summed E-state index contributed by atoms with van der Waals surface area (Å²) in [6, 6.07) is 8.50. The van der Waals surface area contributed by atoms with Crippen LogP contribution in [-0.4, -0.2) is 21.8 Å². The Labute approximate surface area is 123 Å². The second-order valence-electron chi connectivity index (χ2n) is 5.37. The van der Waals surface area contributed by atoms with Crippen molar-refractivity contribution in [1.29, 1.82) is 0 Å². The molecule has 2 aromatic heterocycles. The zero-order valence-corrected chi connectivity index (χ0v) is 12.0. The Morgan fingerprint density at radius 1 is 1.29 bits per heavy atom. The van der Waals surface area contributed by atoms with E-state index in [2.05, 4.69) is 28.4 Å². The number of benzene rings is 1. The van der Waals surface area contributed by atoms with E-state index in [1.165, 1.54) is 29.5 Å². The molecule has 0 aliphatic heterocycles. The van der Waals surface area contributed by atoms with E-state index >= 15 is 0 Å².